The van der Waals surface area contributed by atoms with Crippen LogP contribution in [0.15, 0.2) is 0 Å². The molecule has 2 aliphatic heterocycles. The molecule has 0 aliphatic carbocycles. The number of amides is 1. The van der Waals surface area contributed by atoms with E-state index in [4.69, 9.17) is 9.47 Å². The fraction of sp³-hybridized carbons (Fsp3) is 0.917. The number of morpholine rings is 1. The summed E-state index contributed by atoms with van der Waals surface area (Å²) in [4.78, 5) is 14.3. The van der Waals surface area contributed by atoms with Crippen LogP contribution < -0.4 is 5.32 Å². The van der Waals surface area contributed by atoms with Gasteiger partial charge in [-0.3, -0.25) is 4.79 Å². The Morgan fingerprint density at radius 3 is 3.00 bits per heavy atom. The Labute approximate surface area is 102 Å². The third kappa shape index (κ3) is 2.97. The SMILES string of the molecule is CCNC1COCC1C(=O)N1CCOC(C)C1. The number of hydrogen-bond donors (Lipinski definition) is 1. The zero-order chi connectivity index (χ0) is 12.3. The van der Waals surface area contributed by atoms with Gasteiger partial charge >= 0.3 is 0 Å². The average molecular weight is 242 g/mol. The van der Waals surface area contributed by atoms with Crippen LogP contribution in [0.25, 0.3) is 0 Å². The number of likely N-dealkylation sites (N-methyl/N-ethyl adjacent to an activating group) is 1. The second kappa shape index (κ2) is 5.80. The van der Waals surface area contributed by atoms with Crippen LogP contribution in [0.3, 0.4) is 0 Å². The quantitative estimate of drug-likeness (QED) is 0.748. The predicted octanol–water partition coefficient (Wildman–Crippen LogP) is -0.142. The van der Waals surface area contributed by atoms with E-state index in [0.29, 0.717) is 32.9 Å². The van der Waals surface area contributed by atoms with Crippen molar-refractivity contribution in [3.05, 3.63) is 0 Å². The zero-order valence-electron chi connectivity index (χ0n) is 10.6. The summed E-state index contributed by atoms with van der Waals surface area (Å²) in [7, 11) is 0. The van der Waals surface area contributed by atoms with Crippen LogP contribution in [-0.4, -0.2) is 62.4 Å². The van der Waals surface area contributed by atoms with E-state index in [1.165, 1.54) is 0 Å². The molecule has 0 aromatic carbocycles. The maximum Gasteiger partial charge on any atom is 0.229 e. The molecule has 2 saturated heterocycles. The Hall–Kier alpha value is -0.650. The van der Waals surface area contributed by atoms with E-state index in [-0.39, 0.29) is 24.0 Å². The lowest BCUT2D eigenvalue weighted by molar-refractivity contribution is -0.143. The molecule has 0 bridgehead atoms. The van der Waals surface area contributed by atoms with Gasteiger partial charge in [0.05, 0.1) is 31.8 Å². The Kier molecular flexibility index (Phi) is 4.36. The van der Waals surface area contributed by atoms with Crippen LogP contribution in [0, 0.1) is 5.92 Å². The van der Waals surface area contributed by atoms with Crippen LogP contribution >= 0.6 is 0 Å². The van der Waals surface area contributed by atoms with Crippen molar-refractivity contribution in [2.24, 2.45) is 5.92 Å². The fourth-order valence-corrected chi connectivity index (χ4v) is 2.51. The molecule has 0 radical (unpaired) electrons. The first-order valence-corrected chi connectivity index (χ1v) is 6.44. The summed E-state index contributed by atoms with van der Waals surface area (Å²) in [6.45, 7) is 8.17. The van der Waals surface area contributed by atoms with Gasteiger partial charge in [-0.05, 0) is 13.5 Å². The van der Waals surface area contributed by atoms with Crippen molar-refractivity contribution in [2.75, 3.05) is 39.5 Å². The molecule has 3 atom stereocenters. The molecule has 2 rings (SSSR count). The van der Waals surface area contributed by atoms with Crippen LogP contribution in [0.5, 0.6) is 0 Å². The molecule has 0 aromatic heterocycles. The molecule has 0 aromatic rings. The first-order chi connectivity index (χ1) is 8.22. The molecule has 5 heteroatoms. The lowest BCUT2D eigenvalue weighted by Gasteiger charge is -2.33. The first-order valence-electron chi connectivity index (χ1n) is 6.44. The Bertz CT molecular complexity index is 272. The summed E-state index contributed by atoms with van der Waals surface area (Å²) in [6, 6.07) is 0.172. The molecule has 98 valence electrons. The van der Waals surface area contributed by atoms with E-state index in [9.17, 15) is 4.79 Å². The molecule has 0 saturated carbocycles. The summed E-state index contributed by atoms with van der Waals surface area (Å²) in [5.41, 5.74) is 0. The highest BCUT2D eigenvalue weighted by molar-refractivity contribution is 5.80. The average Bonchev–Trinajstić information content (AvgIpc) is 2.77. The Balaban J connectivity index is 1.93. The van der Waals surface area contributed by atoms with Crippen molar-refractivity contribution >= 4 is 5.91 Å². The normalized spacial score (nSPS) is 34.0. The van der Waals surface area contributed by atoms with Gasteiger partial charge in [-0.2, -0.15) is 0 Å². The zero-order valence-corrected chi connectivity index (χ0v) is 10.6. The highest BCUT2D eigenvalue weighted by atomic mass is 16.5. The largest absolute Gasteiger partial charge is 0.379 e. The standard InChI is InChI=1S/C12H22N2O3/c1-3-13-11-8-16-7-10(11)12(15)14-4-5-17-9(2)6-14/h9-11,13H,3-8H2,1-2H3. The predicted molar refractivity (Wildman–Crippen MR) is 63.8 cm³/mol. The van der Waals surface area contributed by atoms with E-state index in [1.54, 1.807) is 0 Å². The summed E-state index contributed by atoms with van der Waals surface area (Å²) in [5, 5.41) is 3.32. The number of nitrogens with one attached hydrogen (secondary N) is 1. The summed E-state index contributed by atoms with van der Waals surface area (Å²) in [6.07, 6.45) is 0.146. The van der Waals surface area contributed by atoms with Gasteiger partial charge in [0.25, 0.3) is 0 Å². The molecule has 2 heterocycles. The molecule has 1 amide bonds. The van der Waals surface area contributed by atoms with Gasteiger partial charge in [0.1, 0.15) is 0 Å². The van der Waals surface area contributed by atoms with E-state index in [1.807, 2.05) is 11.8 Å². The lowest BCUT2D eigenvalue weighted by atomic mass is 10.0. The molecule has 17 heavy (non-hydrogen) atoms. The minimum absolute atomic E-state index is 0.0275. The summed E-state index contributed by atoms with van der Waals surface area (Å²) >= 11 is 0. The Morgan fingerprint density at radius 1 is 1.47 bits per heavy atom. The smallest absolute Gasteiger partial charge is 0.229 e. The maximum atomic E-state index is 12.4. The van der Waals surface area contributed by atoms with Gasteiger partial charge in [-0.25, -0.2) is 0 Å². The van der Waals surface area contributed by atoms with Crippen LogP contribution in [0.2, 0.25) is 0 Å². The molecule has 3 unspecified atom stereocenters. The molecule has 2 fully saturated rings. The molecule has 1 N–H and O–H groups in total. The van der Waals surface area contributed by atoms with Crippen LogP contribution in [0.4, 0.5) is 0 Å². The second-order valence-corrected chi connectivity index (χ2v) is 4.77. The van der Waals surface area contributed by atoms with Crippen molar-refractivity contribution < 1.29 is 14.3 Å². The number of carbonyl (C=O) groups excluding carboxylic acids is 1. The van der Waals surface area contributed by atoms with Crippen molar-refractivity contribution in [1.29, 1.82) is 0 Å². The van der Waals surface area contributed by atoms with E-state index >= 15 is 0 Å². The molecule has 5 nitrogen and oxygen atoms in total. The molecular formula is C12H22N2O3. The molecular weight excluding hydrogens is 220 g/mol. The fourth-order valence-electron chi connectivity index (χ4n) is 2.51. The number of hydrogen-bond acceptors (Lipinski definition) is 4. The number of carbonyl (C=O) groups is 1. The van der Waals surface area contributed by atoms with E-state index in [2.05, 4.69) is 12.2 Å². The summed E-state index contributed by atoms with van der Waals surface area (Å²) < 4.78 is 10.9. The third-order valence-electron chi connectivity index (χ3n) is 3.42. The van der Waals surface area contributed by atoms with Gasteiger partial charge in [0, 0.05) is 19.1 Å². The van der Waals surface area contributed by atoms with Crippen molar-refractivity contribution in [2.45, 2.75) is 26.0 Å². The topological polar surface area (TPSA) is 50.8 Å². The number of nitrogens with zero attached hydrogens (tertiary/aromatic N) is 1. The van der Waals surface area contributed by atoms with Gasteiger partial charge in [0.2, 0.25) is 5.91 Å². The highest BCUT2D eigenvalue weighted by Crippen LogP contribution is 2.18. The van der Waals surface area contributed by atoms with Crippen LogP contribution in [-0.2, 0) is 14.3 Å². The lowest BCUT2D eigenvalue weighted by Crippen LogP contribution is -2.51. The highest BCUT2D eigenvalue weighted by Gasteiger charge is 2.37. The van der Waals surface area contributed by atoms with Crippen molar-refractivity contribution in [1.82, 2.24) is 10.2 Å². The first kappa shape index (κ1) is 12.8. The minimum Gasteiger partial charge on any atom is -0.379 e. The second-order valence-electron chi connectivity index (χ2n) is 4.77. The Morgan fingerprint density at radius 2 is 2.29 bits per heavy atom. The van der Waals surface area contributed by atoms with Crippen LogP contribution in [0.1, 0.15) is 13.8 Å². The van der Waals surface area contributed by atoms with E-state index in [0.717, 1.165) is 6.54 Å². The molecule has 2 aliphatic rings. The number of ether oxygens (including phenoxy) is 2. The van der Waals surface area contributed by atoms with Gasteiger partial charge in [0.15, 0.2) is 0 Å². The van der Waals surface area contributed by atoms with Gasteiger partial charge < -0.3 is 19.7 Å². The van der Waals surface area contributed by atoms with Crippen molar-refractivity contribution in [3.63, 3.8) is 0 Å². The molecule has 0 spiro atoms. The number of rotatable bonds is 3. The summed E-state index contributed by atoms with van der Waals surface area (Å²) in [5.74, 6) is 0.184. The maximum absolute atomic E-state index is 12.4. The van der Waals surface area contributed by atoms with E-state index < -0.39 is 0 Å². The van der Waals surface area contributed by atoms with Gasteiger partial charge in [-0.1, -0.05) is 6.92 Å². The third-order valence-corrected chi connectivity index (χ3v) is 3.42. The minimum atomic E-state index is -0.0275. The van der Waals surface area contributed by atoms with Crippen molar-refractivity contribution in [3.8, 4) is 0 Å². The van der Waals surface area contributed by atoms with Gasteiger partial charge in [-0.15, -0.1) is 0 Å². The monoisotopic (exact) mass is 242 g/mol.